The molecule has 3 rings (SSSR count). The van der Waals surface area contributed by atoms with Gasteiger partial charge in [-0.2, -0.15) is 0 Å². The van der Waals surface area contributed by atoms with E-state index in [1.807, 2.05) is 0 Å². The number of unbranched alkanes of at least 4 members (excludes halogenated alkanes) is 1. The number of aliphatic hydroxyl groups excluding tert-OH is 1. The Labute approximate surface area is 170 Å². The molecule has 1 unspecified atom stereocenters. The Morgan fingerprint density at radius 1 is 1.31 bits per heavy atom. The van der Waals surface area contributed by atoms with Gasteiger partial charge in [0, 0.05) is 38.4 Å². The summed E-state index contributed by atoms with van der Waals surface area (Å²) in [6.07, 6.45) is 4.08. The Bertz CT molecular complexity index is 790. The van der Waals surface area contributed by atoms with Crippen LogP contribution in [0.1, 0.15) is 42.6 Å². The average molecular weight is 404 g/mol. The van der Waals surface area contributed by atoms with Crippen molar-refractivity contribution >= 4 is 11.6 Å². The van der Waals surface area contributed by atoms with Gasteiger partial charge in [-0.15, -0.1) is 0 Å². The number of aromatic nitrogens is 1. The summed E-state index contributed by atoms with van der Waals surface area (Å²) in [7, 11) is 0. The van der Waals surface area contributed by atoms with E-state index in [2.05, 4.69) is 27.0 Å². The summed E-state index contributed by atoms with van der Waals surface area (Å²) in [5.74, 6) is -0.372. The third-order valence-corrected chi connectivity index (χ3v) is 5.05. The topological polar surface area (TPSA) is 81.8 Å². The summed E-state index contributed by atoms with van der Waals surface area (Å²) >= 11 is 0. The van der Waals surface area contributed by atoms with E-state index < -0.39 is 11.7 Å². The average Bonchev–Trinajstić information content (AvgIpc) is 3.16. The molecule has 2 N–H and O–H groups in total. The van der Waals surface area contributed by atoms with Gasteiger partial charge >= 0.3 is 0 Å². The van der Waals surface area contributed by atoms with Gasteiger partial charge < -0.3 is 14.8 Å². The molecular formula is C21H29FN4O3. The highest BCUT2D eigenvalue weighted by atomic mass is 19.1. The molecule has 1 aromatic heterocycles. The molecule has 1 amide bonds. The van der Waals surface area contributed by atoms with Crippen LogP contribution in [0.2, 0.25) is 0 Å². The molecule has 1 fully saturated rings. The summed E-state index contributed by atoms with van der Waals surface area (Å²) in [6.45, 7) is 6.86. The molecule has 1 aliphatic rings. The molecule has 0 radical (unpaired) electrons. The summed E-state index contributed by atoms with van der Waals surface area (Å²) < 4.78 is 18.7. The quantitative estimate of drug-likeness (QED) is 0.669. The van der Waals surface area contributed by atoms with Gasteiger partial charge in [0.15, 0.2) is 5.69 Å². The molecule has 0 saturated carbocycles. The van der Waals surface area contributed by atoms with Gasteiger partial charge in [-0.25, -0.2) is 9.37 Å². The van der Waals surface area contributed by atoms with Crippen LogP contribution >= 0.6 is 0 Å². The van der Waals surface area contributed by atoms with E-state index in [0.717, 1.165) is 52.0 Å². The second kappa shape index (κ2) is 10.5. The molecular weight excluding hydrogens is 375 g/mol. The number of hydrogen-bond acceptors (Lipinski definition) is 6. The largest absolute Gasteiger partial charge is 0.447 e. The van der Waals surface area contributed by atoms with Crippen LogP contribution in [0.5, 0.6) is 0 Å². The lowest BCUT2D eigenvalue weighted by Gasteiger charge is -2.35. The van der Waals surface area contributed by atoms with E-state index in [1.54, 1.807) is 6.07 Å². The Kier molecular flexibility index (Phi) is 7.74. The lowest BCUT2D eigenvalue weighted by atomic mass is 10.1. The van der Waals surface area contributed by atoms with Crippen molar-refractivity contribution in [2.75, 3.05) is 38.0 Å². The van der Waals surface area contributed by atoms with Crippen molar-refractivity contribution in [3.05, 3.63) is 47.9 Å². The van der Waals surface area contributed by atoms with Crippen LogP contribution in [-0.4, -0.2) is 64.6 Å². The normalized spacial score (nSPS) is 16.7. The fourth-order valence-electron chi connectivity index (χ4n) is 3.40. The SMILES string of the molecule is CCCCC(O)CN1CCN(Cc2nc(C(=O)Nc3cccc(F)c3)co2)CC1. The lowest BCUT2D eigenvalue weighted by molar-refractivity contribution is 0.0627. The van der Waals surface area contributed by atoms with Crippen LogP contribution in [0, 0.1) is 5.82 Å². The smallest absolute Gasteiger partial charge is 0.277 e. The fourth-order valence-corrected chi connectivity index (χ4v) is 3.40. The van der Waals surface area contributed by atoms with E-state index in [0.29, 0.717) is 18.1 Å². The number of carbonyl (C=O) groups is 1. The molecule has 1 aromatic carbocycles. The van der Waals surface area contributed by atoms with Crippen molar-refractivity contribution in [1.82, 2.24) is 14.8 Å². The molecule has 2 heterocycles. The first-order valence-electron chi connectivity index (χ1n) is 10.2. The number of rotatable bonds is 9. The van der Waals surface area contributed by atoms with Crippen molar-refractivity contribution in [3.8, 4) is 0 Å². The number of nitrogens with one attached hydrogen (secondary N) is 1. The molecule has 158 valence electrons. The van der Waals surface area contributed by atoms with Gasteiger partial charge in [-0.1, -0.05) is 25.8 Å². The molecule has 0 spiro atoms. The molecule has 0 bridgehead atoms. The minimum Gasteiger partial charge on any atom is -0.447 e. The number of benzene rings is 1. The number of anilines is 1. The van der Waals surface area contributed by atoms with E-state index in [9.17, 15) is 14.3 Å². The highest BCUT2D eigenvalue weighted by Crippen LogP contribution is 2.13. The molecule has 0 aliphatic carbocycles. The van der Waals surface area contributed by atoms with Crippen LogP contribution in [-0.2, 0) is 6.54 Å². The summed E-state index contributed by atoms with van der Waals surface area (Å²) in [5, 5.41) is 12.7. The van der Waals surface area contributed by atoms with Gasteiger partial charge in [-0.3, -0.25) is 14.6 Å². The molecule has 1 atom stereocenters. The van der Waals surface area contributed by atoms with E-state index >= 15 is 0 Å². The number of halogens is 1. The van der Waals surface area contributed by atoms with Gasteiger partial charge in [0.05, 0.1) is 12.6 Å². The maximum absolute atomic E-state index is 13.2. The molecule has 1 saturated heterocycles. The third-order valence-electron chi connectivity index (χ3n) is 5.05. The first-order valence-corrected chi connectivity index (χ1v) is 10.2. The minimum absolute atomic E-state index is 0.168. The van der Waals surface area contributed by atoms with E-state index in [1.165, 1.54) is 24.5 Å². The standard InChI is InChI=1S/C21H29FN4O3/c1-2-3-7-18(27)13-25-8-10-26(11-9-25)14-20-24-19(15-29-20)21(28)23-17-6-4-5-16(22)12-17/h4-6,12,15,18,27H,2-3,7-11,13-14H2,1H3,(H,23,28). The first-order chi connectivity index (χ1) is 14.0. The predicted molar refractivity (Wildman–Crippen MR) is 108 cm³/mol. The van der Waals surface area contributed by atoms with Crippen molar-refractivity contribution in [3.63, 3.8) is 0 Å². The zero-order chi connectivity index (χ0) is 20.6. The molecule has 7 nitrogen and oxygen atoms in total. The summed E-state index contributed by atoms with van der Waals surface area (Å²) in [5.41, 5.74) is 0.540. The number of aliphatic hydroxyl groups is 1. The van der Waals surface area contributed by atoms with Crippen LogP contribution in [0.4, 0.5) is 10.1 Å². The maximum Gasteiger partial charge on any atom is 0.277 e. The second-order valence-corrected chi connectivity index (χ2v) is 7.46. The Morgan fingerprint density at radius 2 is 2.07 bits per heavy atom. The minimum atomic E-state index is -0.434. The van der Waals surface area contributed by atoms with Crippen molar-refractivity contribution in [2.45, 2.75) is 38.8 Å². The van der Waals surface area contributed by atoms with Crippen molar-refractivity contribution < 1.29 is 18.7 Å². The lowest BCUT2D eigenvalue weighted by Crippen LogP contribution is -2.48. The van der Waals surface area contributed by atoms with Crippen LogP contribution < -0.4 is 5.32 Å². The molecule has 1 aliphatic heterocycles. The number of amides is 1. The van der Waals surface area contributed by atoms with Crippen LogP contribution in [0.25, 0.3) is 0 Å². The number of hydrogen-bond donors (Lipinski definition) is 2. The number of piperazine rings is 1. The summed E-state index contributed by atoms with van der Waals surface area (Å²) in [4.78, 5) is 21.0. The number of β-amino-alcohol motifs (C(OH)–C–C–N with tert-alkyl or cyclic N) is 1. The highest BCUT2D eigenvalue weighted by molar-refractivity contribution is 6.02. The van der Waals surface area contributed by atoms with Crippen LogP contribution in [0.15, 0.2) is 34.9 Å². The van der Waals surface area contributed by atoms with Gasteiger partial charge in [0.1, 0.15) is 12.1 Å². The van der Waals surface area contributed by atoms with E-state index in [4.69, 9.17) is 4.42 Å². The zero-order valence-electron chi connectivity index (χ0n) is 16.8. The Hall–Kier alpha value is -2.29. The number of nitrogens with zero attached hydrogens (tertiary/aromatic N) is 3. The first kappa shape index (κ1) is 21.4. The zero-order valence-corrected chi connectivity index (χ0v) is 16.8. The predicted octanol–water partition coefficient (Wildman–Crippen LogP) is 2.73. The van der Waals surface area contributed by atoms with Gasteiger partial charge in [0.25, 0.3) is 5.91 Å². The third kappa shape index (κ3) is 6.62. The summed E-state index contributed by atoms with van der Waals surface area (Å²) in [6, 6.07) is 5.70. The number of oxazole rings is 1. The maximum atomic E-state index is 13.2. The molecule has 2 aromatic rings. The van der Waals surface area contributed by atoms with Gasteiger partial charge in [-0.05, 0) is 24.6 Å². The van der Waals surface area contributed by atoms with Crippen molar-refractivity contribution in [2.24, 2.45) is 0 Å². The molecule has 29 heavy (non-hydrogen) atoms. The molecule has 8 heteroatoms. The fraction of sp³-hybridized carbons (Fsp3) is 0.524. The van der Waals surface area contributed by atoms with E-state index in [-0.39, 0.29) is 11.8 Å². The highest BCUT2D eigenvalue weighted by Gasteiger charge is 2.21. The second-order valence-electron chi connectivity index (χ2n) is 7.46. The monoisotopic (exact) mass is 404 g/mol. The Morgan fingerprint density at radius 3 is 2.79 bits per heavy atom. The number of carbonyl (C=O) groups excluding carboxylic acids is 1. The Balaban J connectivity index is 1.44. The van der Waals surface area contributed by atoms with Crippen molar-refractivity contribution in [1.29, 1.82) is 0 Å². The van der Waals surface area contributed by atoms with Crippen LogP contribution in [0.3, 0.4) is 0 Å². The van der Waals surface area contributed by atoms with Gasteiger partial charge in [0.2, 0.25) is 5.89 Å².